The number of carbonyl (C=O) groups is 2. The Hall–Kier alpha value is -2.96. The van der Waals surface area contributed by atoms with Gasteiger partial charge in [0, 0.05) is 17.6 Å². The minimum atomic E-state index is -5.04. The lowest BCUT2D eigenvalue weighted by Gasteiger charge is -2.32. The predicted molar refractivity (Wildman–Crippen MR) is 129 cm³/mol. The Morgan fingerprint density at radius 2 is 1.66 bits per heavy atom. The molecule has 1 unspecified atom stereocenters. The van der Waals surface area contributed by atoms with Crippen molar-refractivity contribution >= 4 is 33.8 Å². The Balaban J connectivity index is 2.11. The van der Waals surface area contributed by atoms with Crippen molar-refractivity contribution in [3.63, 3.8) is 0 Å². The number of ether oxygens (including phenoxy) is 2. The molecule has 1 aliphatic heterocycles. The number of hydrogen-bond donors (Lipinski definition) is 0. The fourth-order valence-electron chi connectivity index (χ4n) is 4.26. The molecular formula is C25H25BrF6N2O4. The van der Waals surface area contributed by atoms with Gasteiger partial charge in [-0.15, -0.1) is 0 Å². The third kappa shape index (κ3) is 6.91. The summed E-state index contributed by atoms with van der Waals surface area (Å²) in [5, 5.41) is 0. The molecule has 0 N–H and O–H groups in total. The van der Waals surface area contributed by atoms with Crippen molar-refractivity contribution in [3.05, 3.63) is 63.1 Å². The number of alkyl halides is 6. The summed E-state index contributed by atoms with van der Waals surface area (Å²) < 4.78 is 91.4. The zero-order valence-corrected chi connectivity index (χ0v) is 22.2. The van der Waals surface area contributed by atoms with Gasteiger partial charge in [-0.05, 0) is 74.2 Å². The molecule has 6 nitrogen and oxygen atoms in total. The molecule has 1 atom stereocenters. The molecule has 1 heterocycles. The summed E-state index contributed by atoms with van der Waals surface area (Å²) in [5.74, 6) is 0. The average molecular weight is 611 g/mol. The average Bonchev–Trinajstić information content (AvgIpc) is 2.99. The number of benzene rings is 2. The van der Waals surface area contributed by atoms with Crippen LogP contribution < -0.4 is 4.90 Å². The van der Waals surface area contributed by atoms with E-state index in [0.29, 0.717) is 34.3 Å². The zero-order valence-electron chi connectivity index (χ0n) is 20.6. The van der Waals surface area contributed by atoms with Gasteiger partial charge < -0.3 is 9.47 Å². The SMILES string of the molecule is COC(=O)N(Cc1cc(C(F)(F)F)cc(C(F)(F)F)c1)C1CCCN(C(=O)OC(C)C)c2ccc(Br)cc21. The number of amides is 2. The standard InChI is InChI=1S/C25H25BrF6N2O4/c1-14(2)38-23(36)33-8-4-5-20(19-12-18(26)6-7-21(19)33)34(22(35)37-3)13-15-9-16(24(27,28)29)11-17(10-15)25(30,31)32/h6-7,9-12,14,20H,4-5,8,13H2,1-3H3. The van der Waals surface area contributed by atoms with Gasteiger partial charge in [-0.25, -0.2) is 9.59 Å². The van der Waals surface area contributed by atoms with Gasteiger partial charge in [0.25, 0.3) is 0 Å². The lowest BCUT2D eigenvalue weighted by molar-refractivity contribution is -0.143. The molecular weight excluding hydrogens is 586 g/mol. The molecule has 3 rings (SSSR count). The minimum Gasteiger partial charge on any atom is -0.453 e. The molecule has 0 saturated heterocycles. The largest absolute Gasteiger partial charge is 0.453 e. The Labute approximate surface area is 223 Å². The molecule has 0 fully saturated rings. The molecule has 38 heavy (non-hydrogen) atoms. The number of hydrogen-bond acceptors (Lipinski definition) is 4. The first-order valence-electron chi connectivity index (χ1n) is 11.5. The molecule has 0 bridgehead atoms. The second kappa shape index (κ2) is 11.4. The van der Waals surface area contributed by atoms with Gasteiger partial charge in [0.15, 0.2) is 0 Å². The van der Waals surface area contributed by atoms with Crippen LogP contribution >= 0.6 is 15.9 Å². The fraction of sp³-hybridized carbons (Fsp3) is 0.440. The Bertz CT molecular complexity index is 1150. The normalized spacial score (nSPS) is 16.1. The topological polar surface area (TPSA) is 59.1 Å². The van der Waals surface area contributed by atoms with Crippen LogP contribution in [0.1, 0.15) is 55.0 Å². The molecule has 0 radical (unpaired) electrons. The molecule has 2 aromatic carbocycles. The molecule has 2 aromatic rings. The zero-order chi connectivity index (χ0) is 28.4. The lowest BCUT2D eigenvalue weighted by atomic mass is 9.98. The van der Waals surface area contributed by atoms with Gasteiger partial charge in [0.05, 0.1) is 36.1 Å². The molecule has 13 heteroatoms. The molecule has 0 aliphatic carbocycles. The number of methoxy groups -OCH3 is 1. The van der Waals surface area contributed by atoms with Crippen LogP contribution in [0, 0.1) is 0 Å². The number of nitrogens with zero attached hydrogens (tertiary/aromatic N) is 2. The Morgan fingerprint density at radius 3 is 2.18 bits per heavy atom. The first-order valence-corrected chi connectivity index (χ1v) is 12.3. The van der Waals surface area contributed by atoms with E-state index in [4.69, 9.17) is 9.47 Å². The maximum absolute atomic E-state index is 13.4. The summed E-state index contributed by atoms with van der Waals surface area (Å²) >= 11 is 3.35. The van der Waals surface area contributed by atoms with E-state index in [1.807, 2.05) is 0 Å². The smallest absolute Gasteiger partial charge is 0.416 e. The molecule has 0 saturated carbocycles. The highest BCUT2D eigenvalue weighted by atomic mass is 79.9. The second-order valence-corrected chi connectivity index (χ2v) is 9.87. The highest BCUT2D eigenvalue weighted by Gasteiger charge is 2.38. The van der Waals surface area contributed by atoms with Gasteiger partial charge in [-0.3, -0.25) is 9.80 Å². The molecule has 0 aromatic heterocycles. The predicted octanol–water partition coefficient (Wildman–Crippen LogP) is 7.94. The maximum atomic E-state index is 13.4. The lowest BCUT2D eigenvalue weighted by Crippen LogP contribution is -2.35. The Kier molecular flexibility index (Phi) is 8.89. The van der Waals surface area contributed by atoms with E-state index in [1.165, 1.54) is 4.90 Å². The van der Waals surface area contributed by atoms with Crippen molar-refractivity contribution in [1.29, 1.82) is 0 Å². The minimum absolute atomic E-state index is 0.0300. The van der Waals surface area contributed by atoms with Crippen molar-refractivity contribution in [3.8, 4) is 0 Å². The third-order valence-corrected chi connectivity index (χ3v) is 6.33. The van der Waals surface area contributed by atoms with E-state index in [1.54, 1.807) is 32.0 Å². The number of anilines is 1. The van der Waals surface area contributed by atoms with Crippen LogP contribution in [-0.2, 0) is 28.4 Å². The van der Waals surface area contributed by atoms with Gasteiger partial charge in [-0.1, -0.05) is 15.9 Å². The highest BCUT2D eigenvalue weighted by Crippen LogP contribution is 2.41. The van der Waals surface area contributed by atoms with E-state index in [9.17, 15) is 35.9 Å². The number of fused-ring (bicyclic) bond motifs is 1. The first kappa shape index (κ1) is 29.6. The van der Waals surface area contributed by atoms with E-state index >= 15 is 0 Å². The van der Waals surface area contributed by atoms with E-state index in [-0.39, 0.29) is 24.6 Å². The van der Waals surface area contributed by atoms with Gasteiger partial charge in [0.2, 0.25) is 0 Å². The monoisotopic (exact) mass is 610 g/mol. The quantitative estimate of drug-likeness (QED) is 0.330. The van der Waals surface area contributed by atoms with Crippen molar-refractivity contribution in [1.82, 2.24) is 4.90 Å². The molecule has 0 spiro atoms. The van der Waals surface area contributed by atoms with Crippen molar-refractivity contribution in [2.75, 3.05) is 18.6 Å². The van der Waals surface area contributed by atoms with Crippen LogP contribution in [0.3, 0.4) is 0 Å². The third-order valence-electron chi connectivity index (χ3n) is 5.84. The van der Waals surface area contributed by atoms with Crippen molar-refractivity contribution in [2.24, 2.45) is 0 Å². The Morgan fingerprint density at radius 1 is 1.05 bits per heavy atom. The van der Waals surface area contributed by atoms with Crippen molar-refractivity contribution in [2.45, 2.75) is 57.7 Å². The summed E-state index contributed by atoms with van der Waals surface area (Å²) in [6, 6.07) is 5.29. The number of halogens is 7. The number of carbonyl (C=O) groups excluding carboxylic acids is 2. The molecule has 1 aliphatic rings. The van der Waals surface area contributed by atoms with E-state index in [0.717, 1.165) is 12.0 Å². The van der Waals surface area contributed by atoms with Crippen LogP contribution in [0.15, 0.2) is 40.9 Å². The summed E-state index contributed by atoms with van der Waals surface area (Å²) in [6.45, 7) is 2.98. The van der Waals surface area contributed by atoms with Crippen LogP contribution in [0.2, 0.25) is 0 Å². The van der Waals surface area contributed by atoms with E-state index < -0.39 is 54.4 Å². The van der Waals surface area contributed by atoms with Gasteiger partial charge in [0.1, 0.15) is 0 Å². The molecule has 208 valence electrons. The first-order chi connectivity index (χ1) is 17.6. The van der Waals surface area contributed by atoms with Crippen LogP contribution in [0.4, 0.5) is 41.6 Å². The highest BCUT2D eigenvalue weighted by molar-refractivity contribution is 9.10. The van der Waals surface area contributed by atoms with Crippen LogP contribution in [-0.4, -0.2) is 36.8 Å². The van der Waals surface area contributed by atoms with Crippen molar-refractivity contribution < 1.29 is 45.4 Å². The summed E-state index contributed by atoms with van der Waals surface area (Å²) in [6.07, 6.45) is -11.5. The maximum Gasteiger partial charge on any atom is 0.416 e. The van der Waals surface area contributed by atoms with Crippen LogP contribution in [0.5, 0.6) is 0 Å². The summed E-state index contributed by atoms with van der Waals surface area (Å²) in [7, 11) is 1.06. The van der Waals surface area contributed by atoms with Gasteiger partial charge >= 0.3 is 24.5 Å². The summed E-state index contributed by atoms with van der Waals surface area (Å²) in [5.41, 5.74) is -2.51. The van der Waals surface area contributed by atoms with Gasteiger partial charge in [-0.2, -0.15) is 26.3 Å². The second-order valence-electron chi connectivity index (χ2n) is 8.96. The number of rotatable bonds is 4. The summed E-state index contributed by atoms with van der Waals surface area (Å²) in [4.78, 5) is 28.2. The van der Waals surface area contributed by atoms with E-state index in [2.05, 4.69) is 15.9 Å². The van der Waals surface area contributed by atoms with Crippen LogP contribution in [0.25, 0.3) is 0 Å². The molecule has 2 amide bonds. The fourth-order valence-corrected chi connectivity index (χ4v) is 4.64.